The fourth-order valence-electron chi connectivity index (χ4n) is 1.50. The van der Waals surface area contributed by atoms with Crippen LogP contribution in [0.2, 0.25) is 0 Å². The molecule has 0 saturated carbocycles. The molecule has 2 rings (SSSR count). The minimum absolute atomic E-state index is 0.117. The van der Waals surface area contributed by atoms with Crippen molar-refractivity contribution in [3.8, 4) is 11.6 Å². The van der Waals surface area contributed by atoms with Gasteiger partial charge in [-0.25, -0.2) is 4.98 Å². The molecule has 0 amide bonds. The maximum atomic E-state index is 13.5. The number of ether oxygens (including phenoxy) is 1. The van der Waals surface area contributed by atoms with Gasteiger partial charge < -0.3 is 10.1 Å². The van der Waals surface area contributed by atoms with Gasteiger partial charge in [-0.1, -0.05) is 11.8 Å². The molecule has 110 valence electrons. The van der Waals surface area contributed by atoms with Gasteiger partial charge in [0.2, 0.25) is 11.7 Å². The van der Waals surface area contributed by atoms with E-state index in [-0.39, 0.29) is 11.6 Å². The monoisotopic (exact) mass is 310 g/mol. The molecule has 9 heteroatoms. The van der Waals surface area contributed by atoms with Gasteiger partial charge in [0.05, 0.1) is 4.92 Å². The van der Waals surface area contributed by atoms with E-state index in [9.17, 15) is 14.5 Å². The summed E-state index contributed by atoms with van der Waals surface area (Å²) in [5.41, 5.74) is -0.606. The van der Waals surface area contributed by atoms with Crippen molar-refractivity contribution in [2.45, 2.75) is 5.16 Å². The van der Waals surface area contributed by atoms with E-state index in [1.165, 1.54) is 17.8 Å². The van der Waals surface area contributed by atoms with Crippen molar-refractivity contribution in [1.29, 1.82) is 0 Å². The summed E-state index contributed by atoms with van der Waals surface area (Å²) in [6.45, 7) is 0. The van der Waals surface area contributed by atoms with E-state index in [1.807, 2.05) is 6.26 Å². The minimum Gasteiger partial charge on any atom is -0.439 e. The number of rotatable bonds is 5. The zero-order chi connectivity index (χ0) is 15.4. The van der Waals surface area contributed by atoms with Crippen LogP contribution in [-0.2, 0) is 0 Å². The van der Waals surface area contributed by atoms with Gasteiger partial charge in [-0.3, -0.25) is 10.1 Å². The highest BCUT2D eigenvalue weighted by Crippen LogP contribution is 2.27. The highest BCUT2D eigenvalue weighted by atomic mass is 32.2. The summed E-state index contributed by atoms with van der Waals surface area (Å²) >= 11 is 1.33. The number of anilines is 1. The second-order valence-electron chi connectivity index (χ2n) is 3.80. The molecule has 0 aliphatic rings. The van der Waals surface area contributed by atoms with E-state index < -0.39 is 16.4 Å². The summed E-state index contributed by atoms with van der Waals surface area (Å²) in [4.78, 5) is 18.0. The van der Waals surface area contributed by atoms with Crippen molar-refractivity contribution in [3.05, 3.63) is 40.2 Å². The van der Waals surface area contributed by atoms with Crippen LogP contribution in [0.25, 0.3) is 0 Å². The highest BCUT2D eigenvalue weighted by molar-refractivity contribution is 7.98. The lowest BCUT2D eigenvalue weighted by Gasteiger charge is -2.08. The smallest absolute Gasteiger partial charge is 0.305 e. The first kappa shape index (κ1) is 15.0. The Balaban J connectivity index is 2.29. The predicted molar refractivity (Wildman–Crippen MR) is 76.5 cm³/mol. The first-order chi connectivity index (χ1) is 10.0. The number of nitrogens with zero attached hydrogens (tertiary/aromatic N) is 3. The average molecular weight is 310 g/mol. The van der Waals surface area contributed by atoms with E-state index in [2.05, 4.69) is 15.3 Å². The lowest BCUT2D eigenvalue weighted by Crippen LogP contribution is -1.98. The molecule has 0 aliphatic carbocycles. The third-order valence-corrected chi connectivity index (χ3v) is 3.01. The summed E-state index contributed by atoms with van der Waals surface area (Å²) in [7, 11) is 1.70. The van der Waals surface area contributed by atoms with Crippen LogP contribution in [0.5, 0.6) is 11.6 Å². The number of nitrogens with one attached hydrogen (secondary N) is 1. The first-order valence-corrected chi connectivity index (χ1v) is 6.98. The third-order valence-electron chi connectivity index (χ3n) is 2.46. The first-order valence-electron chi connectivity index (χ1n) is 5.76. The topological polar surface area (TPSA) is 90.2 Å². The second-order valence-corrected chi connectivity index (χ2v) is 4.57. The number of hydrogen-bond donors (Lipinski definition) is 1. The maximum Gasteiger partial charge on any atom is 0.305 e. The second kappa shape index (κ2) is 6.35. The van der Waals surface area contributed by atoms with Crippen molar-refractivity contribution < 1.29 is 14.1 Å². The number of aromatic nitrogens is 2. The van der Waals surface area contributed by atoms with Gasteiger partial charge in [-0.15, -0.1) is 0 Å². The van der Waals surface area contributed by atoms with Crippen molar-refractivity contribution in [3.63, 3.8) is 0 Å². The van der Waals surface area contributed by atoms with Crippen molar-refractivity contribution in [2.75, 3.05) is 18.6 Å². The molecule has 0 aliphatic heterocycles. The fourth-order valence-corrected chi connectivity index (χ4v) is 1.87. The molecule has 21 heavy (non-hydrogen) atoms. The molecule has 1 N–H and O–H groups in total. The molecule has 7 nitrogen and oxygen atoms in total. The van der Waals surface area contributed by atoms with E-state index in [0.717, 1.165) is 12.1 Å². The van der Waals surface area contributed by atoms with Crippen LogP contribution in [0.3, 0.4) is 0 Å². The number of hydrogen-bond acceptors (Lipinski definition) is 7. The zero-order valence-electron chi connectivity index (χ0n) is 11.2. The van der Waals surface area contributed by atoms with E-state index in [4.69, 9.17) is 4.74 Å². The lowest BCUT2D eigenvalue weighted by molar-refractivity contribution is -0.387. The standard InChI is InChI=1S/C12H11FN4O3S/c1-14-10-6-11(16-12(15-10)21-2)20-7-3-4-9(17(18)19)8(13)5-7/h3-6H,1-2H3,(H,14,15,16). The predicted octanol–water partition coefficient (Wildman–Crippen LogP) is 3.08. The molecule has 1 aromatic heterocycles. The van der Waals surface area contributed by atoms with Gasteiger partial charge in [0.1, 0.15) is 11.6 Å². The van der Waals surface area contributed by atoms with Gasteiger partial charge in [0.15, 0.2) is 5.16 Å². The molecular weight excluding hydrogens is 299 g/mol. The summed E-state index contributed by atoms with van der Waals surface area (Å²) in [5, 5.41) is 13.9. The summed E-state index contributed by atoms with van der Waals surface area (Å²) in [5.74, 6) is -0.0879. The third kappa shape index (κ3) is 3.57. The van der Waals surface area contributed by atoms with Crippen molar-refractivity contribution in [2.24, 2.45) is 0 Å². The molecule has 0 unspecified atom stereocenters. The minimum atomic E-state index is -0.967. The highest BCUT2D eigenvalue weighted by Gasteiger charge is 2.15. The normalized spacial score (nSPS) is 10.2. The van der Waals surface area contributed by atoms with Crippen molar-refractivity contribution in [1.82, 2.24) is 9.97 Å². The SMILES string of the molecule is CNc1cc(Oc2ccc([N+](=O)[O-])c(F)c2)nc(SC)n1. The number of thioether (sulfide) groups is 1. The van der Waals surface area contributed by atoms with E-state index in [1.54, 1.807) is 13.1 Å². The van der Waals surface area contributed by atoms with E-state index in [0.29, 0.717) is 11.0 Å². The van der Waals surface area contributed by atoms with Crippen LogP contribution in [0, 0.1) is 15.9 Å². The summed E-state index contributed by atoms with van der Waals surface area (Å²) in [6, 6.07) is 4.83. The van der Waals surface area contributed by atoms with Crippen LogP contribution in [0.15, 0.2) is 29.4 Å². The number of nitro benzene ring substituents is 1. The Labute approximate surface area is 123 Å². The summed E-state index contributed by atoms with van der Waals surface area (Å²) in [6.07, 6.45) is 1.81. The maximum absolute atomic E-state index is 13.5. The van der Waals surface area contributed by atoms with Crippen LogP contribution in [-0.4, -0.2) is 28.2 Å². The van der Waals surface area contributed by atoms with Gasteiger partial charge in [0, 0.05) is 25.2 Å². The van der Waals surface area contributed by atoms with Gasteiger partial charge in [-0.2, -0.15) is 9.37 Å². The molecule has 0 radical (unpaired) electrons. The van der Waals surface area contributed by atoms with Gasteiger partial charge in [0.25, 0.3) is 0 Å². The fraction of sp³-hybridized carbons (Fsp3) is 0.167. The number of halogens is 1. The summed E-state index contributed by atoms with van der Waals surface area (Å²) < 4.78 is 18.9. The molecule has 0 spiro atoms. The molecule has 1 aromatic carbocycles. The molecule has 0 fully saturated rings. The average Bonchev–Trinajstić information content (AvgIpc) is 2.46. The van der Waals surface area contributed by atoms with Crippen LogP contribution in [0.1, 0.15) is 0 Å². The largest absolute Gasteiger partial charge is 0.439 e. The Hall–Kier alpha value is -2.42. The molecule has 0 saturated heterocycles. The van der Waals surface area contributed by atoms with Gasteiger partial charge >= 0.3 is 5.69 Å². The molecule has 0 atom stereocenters. The Morgan fingerprint density at radius 2 is 2.14 bits per heavy atom. The molecule has 1 heterocycles. The van der Waals surface area contributed by atoms with E-state index >= 15 is 0 Å². The molecule has 2 aromatic rings. The Morgan fingerprint density at radius 3 is 2.71 bits per heavy atom. The molecular formula is C12H11FN4O3S. The van der Waals surface area contributed by atoms with Crippen molar-refractivity contribution >= 4 is 23.3 Å². The van der Waals surface area contributed by atoms with Crippen LogP contribution in [0.4, 0.5) is 15.9 Å². The Bertz CT molecular complexity index is 661. The number of benzene rings is 1. The zero-order valence-corrected chi connectivity index (χ0v) is 12.0. The van der Waals surface area contributed by atoms with Crippen LogP contribution >= 0.6 is 11.8 Å². The van der Waals surface area contributed by atoms with Gasteiger partial charge in [-0.05, 0) is 12.3 Å². The Kier molecular flexibility index (Phi) is 4.53. The lowest BCUT2D eigenvalue weighted by atomic mass is 10.3. The molecule has 0 bridgehead atoms. The quantitative estimate of drug-likeness (QED) is 0.393. The van der Waals surface area contributed by atoms with Crippen LogP contribution < -0.4 is 10.1 Å². The number of nitro groups is 1. The Morgan fingerprint density at radius 1 is 1.38 bits per heavy atom.